The molecule has 0 spiro atoms. The molecule has 1 amide bonds. The molecule has 0 unspecified atom stereocenters. The first-order chi connectivity index (χ1) is 13.5. The smallest absolute Gasteiger partial charge is 0.272 e. The average molecular weight is 376 g/mol. The number of nitrogens with zero attached hydrogens (tertiary/aromatic N) is 2. The first kappa shape index (κ1) is 19.0. The van der Waals surface area contributed by atoms with Gasteiger partial charge in [0.15, 0.2) is 0 Å². The van der Waals surface area contributed by atoms with Gasteiger partial charge in [-0.25, -0.2) is 4.68 Å². The summed E-state index contributed by atoms with van der Waals surface area (Å²) in [5.41, 5.74) is 1.20. The number of hydrogen-bond donors (Lipinski definition) is 1. The van der Waals surface area contributed by atoms with Crippen LogP contribution in [0.3, 0.4) is 0 Å². The van der Waals surface area contributed by atoms with E-state index >= 15 is 0 Å². The SMILES string of the molecule is O=C(N[C@@H](Cc1ccccc1)C(=O)[O-])c1ccc(=O)n(Cc2ccccc2)n1. The normalized spacial score (nSPS) is 11.6. The number of aliphatic carboxylic acids is 1. The molecule has 0 aliphatic carbocycles. The number of carboxylic acids is 1. The highest BCUT2D eigenvalue weighted by Gasteiger charge is 2.17. The third kappa shape index (κ3) is 4.91. The van der Waals surface area contributed by atoms with Crippen molar-refractivity contribution >= 4 is 11.9 Å². The third-order valence-electron chi connectivity index (χ3n) is 4.15. The van der Waals surface area contributed by atoms with Crippen LogP contribution >= 0.6 is 0 Å². The van der Waals surface area contributed by atoms with E-state index in [4.69, 9.17) is 0 Å². The van der Waals surface area contributed by atoms with Crippen molar-refractivity contribution in [3.05, 3.63) is 100.0 Å². The van der Waals surface area contributed by atoms with Crippen molar-refractivity contribution in [2.24, 2.45) is 0 Å². The van der Waals surface area contributed by atoms with Crippen LogP contribution in [0.1, 0.15) is 21.6 Å². The molecule has 1 heterocycles. The highest BCUT2D eigenvalue weighted by Crippen LogP contribution is 2.04. The zero-order valence-corrected chi connectivity index (χ0v) is 14.9. The molecule has 0 aliphatic heterocycles. The molecule has 7 nitrogen and oxygen atoms in total. The van der Waals surface area contributed by atoms with Crippen LogP contribution in [-0.4, -0.2) is 27.7 Å². The Balaban J connectivity index is 1.76. The lowest BCUT2D eigenvalue weighted by Gasteiger charge is -2.19. The van der Waals surface area contributed by atoms with Gasteiger partial charge in [-0.3, -0.25) is 9.59 Å². The lowest BCUT2D eigenvalue weighted by molar-refractivity contribution is -0.308. The van der Waals surface area contributed by atoms with E-state index in [1.54, 1.807) is 24.3 Å². The second-order valence-electron chi connectivity index (χ2n) is 6.23. The molecule has 1 atom stereocenters. The molecule has 3 aromatic rings. The molecule has 0 aliphatic rings. The monoisotopic (exact) mass is 376 g/mol. The van der Waals surface area contributed by atoms with Crippen LogP contribution in [-0.2, 0) is 17.8 Å². The van der Waals surface area contributed by atoms with Gasteiger partial charge in [-0.15, -0.1) is 0 Å². The van der Waals surface area contributed by atoms with E-state index in [9.17, 15) is 19.5 Å². The summed E-state index contributed by atoms with van der Waals surface area (Å²) < 4.78 is 1.16. The van der Waals surface area contributed by atoms with E-state index in [1.165, 1.54) is 12.1 Å². The summed E-state index contributed by atoms with van der Waals surface area (Å²) in [4.78, 5) is 36.0. The molecule has 1 N–H and O–H groups in total. The first-order valence-electron chi connectivity index (χ1n) is 8.70. The second-order valence-corrected chi connectivity index (χ2v) is 6.23. The number of carbonyl (C=O) groups excluding carboxylic acids is 2. The molecule has 0 saturated carbocycles. The molecular weight excluding hydrogens is 358 g/mol. The van der Waals surface area contributed by atoms with Crippen molar-refractivity contribution in [2.75, 3.05) is 0 Å². The molecule has 1 aromatic heterocycles. The van der Waals surface area contributed by atoms with Crippen molar-refractivity contribution in [1.82, 2.24) is 15.1 Å². The number of carbonyl (C=O) groups is 2. The summed E-state index contributed by atoms with van der Waals surface area (Å²) in [7, 11) is 0. The van der Waals surface area contributed by atoms with E-state index < -0.39 is 17.9 Å². The minimum atomic E-state index is -1.39. The van der Waals surface area contributed by atoms with Gasteiger partial charge in [0.1, 0.15) is 5.69 Å². The standard InChI is InChI=1S/C21H19N3O4/c25-19-12-11-17(23-24(19)14-16-9-5-2-6-10-16)20(26)22-18(21(27)28)13-15-7-3-1-4-8-15/h1-12,18H,13-14H2,(H,22,26)(H,27,28)/p-1/t18-/m0/s1. The van der Waals surface area contributed by atoms with E-state index in [0.717, 1.165) is 15.8 Å². The highest BCUT2D eigenvalue weighted by molar-refractivity contribution is 5.94. The lowest BCUT2D eigenvalue weighted by atomic mass is 10.1. The lowest BCUT2D eigenvalue weighted by Crippen LogP contribution is -2.49. The number of nitrogens with one attached hydrogen (secondary N) is 1. The minimum absolute atomic E-state index is 0.0464. The fourth-order valence-electron chi connectivity index (χ4n) is 2.71. The molecule has 0 radical (unpaired) electrons. The number of rotatable bonds is 7. The zero-order valence-electron chi connectivity index (χ0n) is 14.9. The Kier molecular flexibility index (Phi) is 5.96. The topological polar surface area (TPSA) is 104 Å². The number of carboxylic acid groups (broad SMARTS) is 1. The molecule has 3 rings (SSSR count). The third-order valence-corrected chi connectivity index (χ3v) is 4.15. The maximum absolute atomic E-state index is 12.5. The van der Waals surface area contributed by atoms with E-state index in [1.807, 2.05) is 36.4 Å². The van der Waals surface area contributed by atoms with Gasteiger partial charge < -0.3 is 15.2 Å². The Hall–Kier alpha value is -3.74. The number of benzene rings is 2. The van der Waals surface area contributed by atoms with Crippen molar-refractivity contribution in [2.45, 2.75) is 19.0 Å². The van der Waals surface area contributed by atoms with Crippen LogP contribution < -0.4 is 16.0 Å². The summed E-state index contributed by atoms with van der Waals surface area (Å²) in [5, 5.41) is 17.9. The maximum atomic E-state index is 12.5. The van der Waals surface area contributed by atoms with Gasteiger partial charge in [-0.05, 0) is 23.6 Å². The predicted octanol–water partition coefficient (Wildman–Crippen LogP) is 0.383. The van der Waals surface area contributed by atoms with Crippen molar-refractivity contribution < 1.29 is 14.7 Å². The Morgan fingerprint density at radius 1 is 0.929 bits per heavy atom. The van der Waals surface area contributed by atoms with Crippen LogP contribution in [0.4, 0.5) is 0 Å². The van der Waals surface area contributed by atoms with E-state index in [0.29, 0.717) is 0 Å². The maximum Gasteiger partial charge on any atom is 0.272 e. The molecular formula is C21H18N3O4-. The molecule has 2 aromatic carbocycles. The van der Waals surface area contributed by atoms with E-state index in [2.05, 4.69) is 10.4 Å². The number of aromatic nitrogens is 2. The summed E-state index contributed by atoms with van der Waals surface area (Å²) in [6, 6.07) is 19.4. The Labute approximate surface area is 161 Å². The fourth-order valence-corrected chi connectivity index (χ4v) is 2.71. The van der Waals surface area contributed by atoms with Crippen LogP contribution in [0.25, 0.3) is 0 Å². The molecule has 142 valence electrons. The van der Waals surface area contributed by atoms with Gasteiger partial charge in [0.05, 0.1) is 18.6 Å². The van der Waals surface area contributed by atoms with Gasteiger partial charge in [0, 0.05) is 6.07 Å². The highest BCUT2D eigenvalue weighted by atomic mass is 16.4. The summed E-state index contributed by atoms with van der Waals surface area (Å²) in [6.45, 7) is 0.203. The van der Waals surface area contributed by atoms with E-state index in [-0.39, 0.29) is 24.2 Å². The molecule has 0 fully saturated rings. The van der Waals surface area contributed by atoms with Gasteiger partial charge in [0.2, 0.25) is 0 Å². The largest absolute Gasteiger partial charge is 0.548 e. The molecule has 7 heteroatoms. The second kappa shape index (κ2) is 8.77. The first-order valence-corrected chi connectivity index (χ1v) is 8.70. The Morgan fingerprint density at radius 3 is 2.14 bits per heavy atom. The summed E-state index contributed by atoms with van der Waals surface area (Å²) in [5.74, 6) is -2.08. The fraction of sp³-hybridized carbons (Fsp3) is 0.143. The molecule has 28 heavy (non-hydrogen) atoms. The molecule has 0 saturated heterocycles. The molecule has 0 bridgehead atoms. The average Bonchev–Trinajstić information content (AvgIpc) is 2.70. The number of amides is 1. The van der Waals surface area contributed by atoms with Gasteiger partial charge in [0.25, 0.3) is 11.5 Å². The summed E-state index contributed by atoms with van der Waals surface area (Å²) in [6.07, 6.45) is 0.0819. The Bertz CT molecular complexity index is 1020. The van der Waals surface area contributed by atoms with Crippen LogP contribution in [0.2, 0.25) is 0 Å². The summed E-state index contributed by atoms with van der Waals surface area (Å²) >= 11 is 0. The Morgan fingerprint density at radius 2 is 1.54 bits per heavy atom. The van der Waals surface area contributed by atoms with Gasteiger partial charge >= 0.3 is 0 Å². The van der Waals surface area contributed by atoms with Crippen molar-refractivity contribution in [3.8, 4) is 0 Å². The minimum Gasteiger partial charge on any atom is -0.548 e. The predicted molar refractivity (Wildman–Crippen MR) is 100 cm³/mol. The van der Waals surface area contributed by atoms with Crippen LogP contribution in [0, 0.1) is 0 Å². The van der Waals surface area contributed by atoms with Gasteiger partial charge in [-0.1, -0.05) is 60.7 Å². The van der Waals surface area contributed by atoms with Crippen molar-refractivity contribution in [1.29, 1.82) is 0 Å². The van der Waals surface area contributed by atoms with Crippen LogP contribution in [0.5, 0.6) is 0 Å². The van der Waals surface area contributed by atoms with Crippen LogP contribution in [0.15, 0.2) is 77.6 Å². The van der Waals surface area contributed by atoms with Crippen molar-refractivity contribution in [3.63, 3.8) is 0 Å². The zero-order chi connectivity index (χ0) is 19.9. The number of hydrogen-bond acceptors (Lipinski definition) is 5. The van der Waals surface area contributed by atoms with Gasteiger partial charge in [-0.2, -0.15) is 5.10 Å². The quantitative estimate of drug-likeness (QED) is 0.642.